The van der Waals surface area contributed by atoms with Gasteiger partial charge in [-0.05, 0) is 38.3 Å². The van der Waals surface area contributed by atoms with Crippen molar-refractivity contribution in [2.45, 2.75) is 38.8 Å². The number of rotatable bonds is 4. The summed E-state index contributed by atoms with van der Waals surface area (Å²) < 4.78 is 1.95. The Morgan fingerprint density at radius 1 is 1.45 bits per heavy atom. The van der Waals surface area contributed by atoms with Crippen molar-refractivity contribution in [3.05, 3.63) is 30.6 Å². The third kappa shape index (κ3) is 2.87. The topological polar surface area (TPSA) is 80.0 Å². The van der Waals surface area contributed by atoms with Crippen molar-refractivity contribution in [2.75, 3.05) is 5.32 Å². The fourth-order valence-corrected chi connectivity index (χ4v) is 2.93. The summed E-state index contributed by atoms with van der Waals surface area (Å²) in [6.07, 6.45) is 3.52. The molecule has 0 radical (unpaired) electrons. The highest BCUT2D eigenvalue weighted by molar-refractivity contribution is 5.93. The minimum atomic E-state index is -0.522. The van der Waals surface area contributed by atoms with E-state index in [0.717, 1.165) is 30.8 Å². The number of hydrogen-bond acceptors (Lipinski definition) is 4. The number of amides is 1. The Labute approximate surface area is 129 Å². The molecule has 1 saturated carbocycles. The van der Waals surface area contributed by atoms with Crippen molar-refractivity contribution in [1.29, 1.82) is 0 Å². The Bertz CT molecular complexity index is 668. The number of aliphatic hydroxyl groups excluding tert-OH is 1. The summed E-state index contributed by atoms with van der Waals surface area (Å²) >= 11 is 0. The summed E-state index contributed by atoms with van der Waals surface area (Å²) in [5, 5.41) is 20.8. The predicted molar refractivity (Wildman–Crippen MR) is 83.1 cm³/mol. The van der Waals surface area contributed by atoms with Gasteiger partial charge in [0.25, 0.3) is 0 Å². The number of aryl methyl sites for hydroxylation is 1. The standard InChI is InChI=1S/C16H20N4O2/c1-2-20-10-17-19-15(20)11-5-3-6-12(9-11)18-16(22)13-7-4-8-14(13)21/h3,5-6,9-10,13-14,21H,2,4,7-8H2,1H3,(H,18,22). The van der Waals surface area contributed by atoms with Gasteiger partial charge in [-0.1, -0.05) is 12.1 Å². The van der Waals surface area contributed by atoms with Crippen LogP contribution in [0.4, 0.5) is 5.69 Å². The van der Waals surface area contributed by atoms with E-state index in [2.05, 4.69) is 15.5 Å². The highest BCUT2D eigenvalue weighted by Crippen LogP contribution is 2.27. The molecular formula is C16H20N4O2. The van der Waals surface area contributed by atoms with Crippen molar-refractivity contribution in [3.63, 3.8) is 0 Å². The lowest BCUT2D eigenvalue weighted by atomic mass is 10.0. The number of aromatic nitrogens is 3. The molecule has 2 unspecified atom stereocenters. The molecule has 1 heterocycles. The number of hydrogen-bond donors (Lipinski definition) is 2. The van der Waals surface area contributed by atoms with Gasteiger partial charge < -0.3 is 15.0 Å². The Balaban J connectivity index is 1.78. The number of nitrogens with one attached hydrogen (secondary N) is 1. The van der Waals surface area contributed by atoms with Gasteiger partial charge in [0.05, 0.1) is 12.0 Å². The summed E-state index contributed by atoms with van der Waals surface area (Å²) in [5.74, 6) is 0.363. The molecule has 0 bridgehead atoms. The van der Waals surface area contributed by atoms with Gasteiger partial charge in [0.15, 0.2) is 5.82 Å². The number of nitrogens with zero attached hydrogens (tertiary/aromatic N) is 3. The van der Waals surface area contributed by atoms with Crippen LogP contribution in [0.3, 0.4) is 0 Å². The molecular weight excluding hydrogens is 280 g/mol. The van der Waals surface area contributed by atoms with Gasteiger partial charge in [-0.25, -0.2) is 0 Å². The first-order valence-corrected chi connectivity index (χ1v) is 7.66. The van der Waals surface area contributed by atoms with E-state index in [1.807, 2.05) is 35.8 Å². The lowest BCUT2D eigenvalue weighted by molar-refractivity contribution is -0.122. The van der Waals surface area contributed by atoms with Crippen molar-refractivity contribution < 1.29 is 9.90 Å². The van der Waals surface area contributed by atoms with E-state index >= 15 is 0 Å². The first-order valence-electron chi connectivity index (χ1n) is 7.66. The Morgan fingerprint density at radius 3 is 3.05 bits per heavy atom. The number of aliphatic hydroxyl groups is 1. The van der Waals surface area contributed by atoms with Crippen LogP contribution in [0.1, 0.15) is 26.2 Å². The maximum atomic E-state index is 12.2. The first kappa shape index (κ1) is 14.7. The molecule has 1 aliphatic carbocycles. The Kier molecular flexibility index (Phi) is 4.20. The molecule has 0 spiro atoms. The van der Waals surface area contributed by atoms with Crippen LogP contribution in [0.15, 0.2) is 30.6 Å². The molecule has 22 heavy (non-hydrogen) atoms. The molecule has 1 fully saturated rings. The average Bonchev–Trinajstić information content (AvgIpc) is 3.15. The maximum absolute atomic E-state index is 12.2. The van der Waals surface area contributed by atoms with Crippen LogP contribution < -0.4 is 5.32 Å². The minimum Gasteiger partial charge on any atom is -0.392 e. The first-order chi connectivity index (χ1) is 10.7. The predicted octanol–water partition coefficient (Wildman–Crippen LogP) is 2.06. The van der Waals surface area contributed by atoms with Crippen LogP contribution in [-0.2, 0) is 11.3 Å². The van der Waals surface area contributed by atoms with Crippen LogP contribution >= 0.6 is 0 Å². The summed E-state index contributed by atoms with van der Waals surface area (Å²) in [5.41, 5.74) is 1.62. The van der Waals surface area contributed by atoms with E-state index in [4.69, 9.17) is 0 Å². The largest absolute Gasteiger partial charge is 0.392 e. The highest BCUT2D eigenvalue weighted by atomic mass is 16.3. The van der Waals surface area contributed by atoms with Gasteiger partial charge in [-0.15, -0.1) is 10.2 Å². The smallest absolute Gasteiger partial charge is 0.230 e. The monoisotopic (exact) mass is 300 g/mol. The molecule has 3 rings (SSSR count). The zero-order valence-corrected chi connectivity index (χ0v) is 12.6. The third-order valence-corrected chi connectivity index (χ3v) is 4.16. The molecule has 2 aromatic rings. The van der Waals surface area contributed by atoms with Gasteiger partial charge in [0.1, 0.15) is 6.33 Å². The molecule has 6 nitrogen and oxygen atoms in total. The lowest BCUT2D eigenvalue weighted by Crippen LogP contribution is -2.28. The maximum Gasteiger partial charge on any atom is 0.230 e. The SMILES string of the molecule is CCn1cnnc1-c1cccc(NC(=O)C2CCCC2O)c1. The van der Waals surface area contributed by atoms with Gasteiger partial charge in [-0.3, -0.25) is 4.79 Å². The molecule has 0 aliphatic heterocycles. The zero-order valence-electron chi connectivity index (χ0n) is 12.6. The van der Waals surface area contributed by atoms with Gasteiger partial charge in [-0.2, -0.15) is 0 Å². The van der Waals surface area contributed by atoms with E-state index in [1.165, 1.54) is 0 Å². The fraction of sp³-hybridized carbons (Fsp3) is 0.438. The second-order valence-electron chi connectivity index (χ2n) is 5.62. The summed E-state index contributed by atoms with van der Waals surface area (Å²) in [7, 11) is 0. The molecule has 2 N–H and O–H groups in total. The quantitative estimate of drug-likeness (QED) is 0.906. The Morgan fingerprint density at radius 2 is 2.32 bits per heavy atom. The average molecular weight is 300 g/mol. The summed E-state index contributed by atoms with van der Waals surface area (Å²) in [6.45, 7) is 2.81. The summed E-state index contributed by atoms with van der Waals surface area (Å²) in [6, 6.07) is 7.55. The van der Waals surface area contributed by atoms with Gasteiger partial charge >= 0.3 is 0 Å². The van der Waals surface area contributed by atoms with E-state index in [0.29, 0.717) is 12.1 Å². The fourth-order valence-electron chi connectivity index (χ4n) is 2.93. The summed E-state index contributed by atoms with van der Waals surface area (Å²) in [4.78, 5) is 12.2. The van der Waals surface area contributed by atoms with E-state index < -0.39 is 6.10 Å². The molecule has 1 aromatic carbocycles. The van der Waals surface area contributed by atoms with Crippen LogP contribution in [0.25, 0.3) is 11.4 Å². The molecule has 1 aromatic heterocycles. The second kappa shape index (κ2) is 6.27. The number of carbonyl (C=O) groups is 1. The van der Waals surface area contributed by atoms with Crippen molar-refractivity contribution in [2.24, 2.45) is 5.92 Å². The molecule has 6 heteroatoms. The molecule has 2 atom stereocenters. The molecule has 1 aliphatic rings. The van der Waals surface area contributed by atoms with Crippen LogP contribution in [-0.4, -0.2) is 31.9 Å². The van der Waals surface area contributed by atoms with Gasteiger partial charge in [0.2, 0.25) is 5.91 Å². The van der Waals surface area contributed by atoms with Crippen LogP contribution in [0.2, 0.25) is 0 Å². The van der Waals surface area contributed by atoms with Gasteiger partial charge in [0, 0.05) is 17.8 Å². The zero-order chi connectivity index (χ0) is 15.5. The highest BCUT2D eigenvalue weighted by Gasteiger charge is 2.31. The lowest BCUT2D eigenvalue weighted by Gasteiger charge is -2.15. The van der Waals surface area contributed by atoms with Crippen LogP contribution in [0.5, 0.6) is 0 Å². The van der Waals surface area contributed by atoms with E-state index in [9.17, 15) is 9.90 Å². The minimum absolute atomic E-state index is 0.112. The molecule has 116 valence electrons. The van der Waals surface area contributed by atoms with Crippen molar-refractivity contribution >= 4 is 11.6 Å². The van der Waals surface area contributed by atoms with Crippen molar-refractivity contribution in [3.8, 4) is 11.4 Å². The van der Waals surface area contributed by atoms with Crippen LogP contribution in [0, 0.1) is 5.92 Å². The normalized spacial score (nSPS) is 21.0. The van der Waals surface area contributed by atoms with E-state index in [1.54, 1.807) is 6.33 Å². The second-order valence-corrected chi connectivity index (χ2v) is 5.62. The third-order valence-electron chi connectivity index (χ3n) is 4.16. The Hall–Kier alpha value is -2.21. The number of benzene rings is 1. The molecule has 0 saturated heterocycles. The molecule has 1 amide bonds. The number of anilines is 1. The van der Waals surface area contributed by atoms with E-state index in [-0.39, 0.29) is 11.8 Å². The number of carbonyl (C=O) groups excluding carboxylic acids is 1. The van der Waals surface area contributed by atoms with Crippen molar-refractivity contribution in [1.82, 2.24) is 14.8 Å².